The largest absolute Gasteiger partial charge is 0.444 e. The zero-order chi connectivity index (χ0) is 22.9. The van der Waals surface area contributed by atoms with Crippen LogP contribution in [-0.4, -0.2) is 42.3 Å². The van der Waals surface area contributed by atoms with Gasteiger partial charge in [-0.2, -0.15) is 0 Å². The summed E-state index contributed by atoms with van der Waals surface area (Å²) in [5.41, 5.74) is 4.22. The average molecular weight is 460 g/mol. The fourth-order valence-electron chi connectivity index (χ4n) is 3.82. The number of hydrogen-bond donors (Lipinski definition) is 0. The second kappa shape index (κ2) is 9.09. The summed E-state index contributed by atoms with van der Waals surface area (Å²) in [6, 6.07) is 3.95. The molecule has 1 aliphatic carbocycles. The maximum Gasteiger partial charge on any atom is 0.410 e. The predicted molar refractivity (Wildman–Crippen MR) is 127 cm³/mol. The number of ketones is 1. The molecule has 0 spiro atoms. The molecule has 2 heterocycles. The molecular weight excluding hydrogens is 430 g/mol. The molecule has 0 N–H and O–H groups in total. The maximum atomic E-state index is 12.9. The number of allylic oxidation sites excluding steroid dienone is 2. The smallest absolute Gasteiger partial charge is 0.410 e. The van der Waals surface area contributed by atoms with Crippen LogP contribution in [0, 0.1) is 13.8 Å². The molecule has 0 aromatic carbocycles. The molecule has 0 radical (unpaired) electrons. The molecule has 2 aromatic heterocycles. The first-order chi connectivity index (χ1) is 14.5. The van der Waals surface area contributed by atoms with Gasteiger partial charge < -0.3 is 9.64 Å². The molecule has 31 heavy (non-hydrogen) atoms. The number of aldehydes is 1. The number of Topliss-reactive ketones (excluding diaryl/α,β-unsaturated/α-hetero) is 1. The summed E-state index contributed by atoms with van der Waals surface area (Å²) < 4.78 is 5.34. The minimum Gasteiger partial charge on any atom is -0.444 e. The number of rotatable bonds is 6. The SMILES string of the molecule is Cc1sc(C=O)cc1C1=C(c2cc(C(=O)CN(C)C(=O)OC(C)(C)C)sc2C)CCC1. The van der Waals surface area contributed by atoms with Crippen molar-refractivity contribution in [3.8, 4) is 0 Å². The monoisotopic (exact) mass is 459 g/mol. The van der Waals surface area contributed by atoms with Crippen LogP contribution in [0.2, 0.25) is 0 Å². The Morgan fingerprint density at radius 3 is 2.19 bits per heavy atom. The molecule has 0 saturated carbocycles. The molecule has 0 aliphatic heterocycles. The van der Waals surface area contributed by atoms with Crippen molar-refractivity contribution >= 4 is 52.0 Å². The summed E-state index contributed by atoms with van der Waals surface area (Å²) in [7, 11) is 1.58. The molecule has 7 heteroatoms. The lowest BCUT2D eigenvalue weighted by atomic mass is 9.97. The van der Waals surface area contributed by atoms with Crippen LogP contribution < -0.4 is 0 Å². The van der Waals surface area contributed by atoms with Gasteiger partial charge in [-0.1, -0.05) is 0 Å². The Balaban J connectivity index is 1.84. The van der Waals surface area contributed by atoms with E-state index in [9.17, 15) is 14.4 Å². The molecule has 1 aliphatic rings. The molecule has 3 rings (SSSR count). The molecule has 1 amide bonds. The summed E-state index contributed by atoms with van der Waals surface area (Å²) in [5, 5.41) is 0. The maximum absolute atomic E-state index is 12.9. The zero-order valence-corrected chi connectivity index (χ0v) is 20.6. The lowest BCUT2D eigenvalue weighted by molar-refractivity contribution is 0.0295. The molecule has 0 unspecified atom stereocenters. The first-order valence-electron chi connectivity index (χ1n) is 10.4. The number of aryl methyl sites for hydroxylation is 2. The Bertz CT molecular complexity index is 1050. The number of likely N-dealkylation sites (N-methyl/N-ethyl adjacent to an activating group) is 1. The highest BCUT2D eigenvalue weighted by Gasteiger charge is 2.26. The molecular formula is C24H29NO4S2. The van der Waals surface area contributed by atoms with Crippen LogP contribution in [0.25, 0.3) is 11.1 Å². The van der Waals surface area contributed by atoms with E-state index in [4.69, 9.17) is 4.74 Å². The van der Waals surface area contributed by atoms with Crippen molar-refractivity contribution in [2.45, 2.75) is 59.5 Å². The van der Waals surface area contributed by atoms with Crippen molar-refractivity contribution in [1.29, 1.82) is 0 Å². The van der Waals surface area contributed by atoms with Crippen LogP contribution in [-0.2, 0) is 4.74 Å². The molecule has 0 bridgehead atoms. The van der Waals surface area contributed by atoms with E-state index in [0.717, 1.165) is 51.3 Å². The molecule has 166 valence electrons. The quantitative estimate of drug-likeness (QED) is 0.371. The summed E-state index contributed by atoms with van der Waals surface area (Å²) in [6.07, 6.45) is 3.41. The second-order valence-corrected chi connectivity index (χ2v) is 11.4. The van der Waals surface area contributed by atoms with Crippen LogP contribution in [0.4, 0.5) is 4.79 Å². The number of nitrogens with zero attached hydrogens (tertiary/aromatic N) is 1. The molecule has 0 saturated heterocycles. The summed E-state index contributed by atoms with van der Waals surface area (Å²) in [6.45, 7) is 9.47. The molecule has 0 atom stereocenters. The van der Waals surface area contributed by atoms with E-state index in [-0.39, 0.29) is 12.3 Å². The van der Waals surface area contributed by atoms with Crippen LogP contribution in [0.1, 0.15) is 80.3 Å². The van der Waals surface area contributed by atoms with E-state index in [1.807, 2.05) is 19.1 Å². The van der Waals surface area contributed by atoms with Crippen LogP contribution in [0.3, 0.4) is 0 Å². The first kappa shape index (κ1) is 23.4. The van der Waals surface area contributed by atoms with Gasteiger partial charge in [-0.15, -0.1) is 22.7 Å². The topological polar surface area (TPSA) is 63.7 Å². The van der Waals surface area contributed by atoms with Gasteiger partial charge in [0.25, 0.3) is 0 Å². The van der Waals surface area contributed by atoms with Gasteiger partial charge in [0.2, 0.25) is 0 Å². The van der Waals surface area contributed by atoms with E-state index < -0.39 is 11.7 Å². The lowest BCUT2D eigenvalue weighted by Gasteiger charge is -2.24. The summed E-state index contributed by atoms with van der Waals surface area (Å²) >= 11 is 2.99. The van der Waals surface area contributed by atoms with Gasteiger partial charge in [-0.25, -0.2) is 4.79 Å². The number of carbonyl (C=O) groups excluding carboxylic acids is 3. The van der Waals surface area contributed by atoms with Gasteiger partial charge in [-0.05, 0) is 88.3 Å². The average Bonchev–Trinajstić information content (AvgIpc) is 3.37. The zero-order valence-electron chi connectivity index (χ0n) is 19.0. The van der Waals surface area contributed by atoms with Gasteiger partial charge in [0.05, 0.1) is 16.3 Å². The predicted octanol–water partition coefficient (Wildman–Crippen LogP) is 6.38. The van der Waals surface area contributed by atoms with Gasteiger partial charge in [0, 0.05) is 16.8 Å². The normalized spacial score (nSPS) is 14.1. The lowest BCUT2D eigenvalue weighted by Crippen LogP contribution is -2.37. The van der Waals surface area contributed by atoms with Gasteiger partial charge in [0.15, 0.2) is 12.1 Å². The second-order valence-electron chi connectivity index (χ2n) is 8.89. The number of thiophene rings is 2. The van der Waals surface area contributed by atoms with Gasteiger partial charge in [0.1, 0.15) is 5.60 Å². The molecule has 0 fully saturated rings. The van der Waals surface area contributed by atoms with E-state index in [1.54, 1.807) is 27.8 Å². The third kappa shape index (κ3) is 5.33. The number of hydrogen-bond acceptors (Lipinski definition) is 6. The highest BCUT2D eigenvalue weighted by molar-refractivity contribution is 7.14. The summed E-state index contributed by atoms with van der Waals surface area (Å²) in [5.74, 6) is -0.0946. The molecule has 2 aromatic rings. The van der Waals surface area contributed by atoms with Gasteiger partial charge >= 0.3 is 6.09 Å². The number of amides is 1. The van der Waals surface area contributed by atoms with Crippen LogP contribution in [0.5, 0.6) is 0 Å². The standard InChI is InChI=1S/C24H29NO4S2/c1-14-19(10-16(13-26)30-14)17-8-7-9-18(17)20-11-22(31-15(20)2)21(27)12-25(6)23(28)29-24(3,4)5/h10-11,13H,7-9,12H2,1-6H3. The van der Waals surface area contributed by atoms with Crippen molar-refractivity contribution in [2.75, 3.05) is 13.6 Å². The van der Waals surface area contributed by atoms with Crippen molar-refractivity contribution < 1.29 is 19.1 Å². The fourth-order valence-corrected chi connectivity index (χ4v) is 5.67. The van der Waals surface area contributed by atoms with Crippen LogP contribution >= 0.6 is 22.7 Å². The Morgan fingerprint density at radius 2 is 1.65 bits per heavy atom. The number of ether oxygens (including phenoxy) is 1. The minimum atomic E-state index is -0.601. The van der Waals surface area contributed by atoms with Crippen molar-refractivity contribution in [3.63, 3.8) is 0 Å². The van der Waals surface area contributed by atoms with Crippen molar-refractivity contribution in [1.82, 2.24) is 4.90 Å². The Morgan fingerprint density at radius 1 is 1.06 bits per heavy atom. The number of carbonyl (C=O) groups is 3. The van der Waals surface area contributed by atoms with E-state index in [1.165, 1.54) is 38.7 Å². The Labute approximate surface area is 191 Å². The van der Waals surface area contributed by atoms with Crippen molar-refractivity contribution in [3.05, 3.63) is 42.8 Å². The fraction of sp³-hybridized carbons (Fsp3) is 0.458. The molecule has 5 nitrogen and oxygen atoms in total. The van der Waals surface area contributed by atoms with E-state index in [2.05, 4.69) is 6.92 Å². The van der Waals surface area contributed by atoms with E-state index >= 15 is 0 Å². The van der Waals surface area contributed by atoms with E-state index in [0.29, 0.717) is 4.88 Å². The minimum absolute atomic E-state index is 0.0213. The van der Waals surface area contributed by atoms with Crippen LogP contribution in [0.15, 0.2) is 12.1 Å². The first-order valence-corrected chi connectivity index (χ1v) is 12.0. The third-order valence-electron chi connectivity index (χ3n) is 5.20. The van der Waals surface area contributed by atoms with Gasteiger partial charge in [-0.3, -0.25) is 9.59 Å². The Kier molecular flexibility index (Phi) is 6.86. The highest BCUT2D eigenvalue weighted by Crippen LogP contribution is 2.44. The third-order valence-corrected chi connectivity index (χ3v) is 7.27. The Hall–Kier alpha value is -2.25. The van der Waals surface area contributed by atoms with Crippen molar-refractivity contribution in [2.24, 2.45) is 0 Å². The summed E-state index contributed by atoms with van der Waals surface area (Å²) in [4.78, 5) is 41.2. The highest BCUT2D eigenvalue weighted by atomic mass is 32.1.